The van der Waals surface area contributed by atoms with Crippen LogP contribution in [0.4, 0.5) is 0 Å². The second-order valence-electron chi connectivity index (χ2n) is 3.68. The van der Waals surface area contributed by atoms with Crippen LogP contribution < -0.4 is 5.73 Å². The Morgan fingerprint density at radius 3 is 1.55 bits per heavy atom. The summed E-state index contributed by atoms with van der Waals surface area (Å²) in [7, 11) is 0. The summed E-state index contributed by atoms with van der Waals surface area (Å²) in [5.41, 5.74) is 5.82. The highest BCUT2D eigenvalue weighted by molar-refractivity contribution is 4.76. The van der Waals surface area contributed by atoms with E-state index in [-0.39, 0.29) is 0 Å². The lowest BCUT2D eigenvalue weighted by Crippen LogP contribution is -2.30. The third kappa shape index (κ3) is 4.41. The molecular formula is C10H23N. The van der Waals surface area contributed by atoms with Gasteiger partial charge >= 0.3 is 0 Å². The van der Waals surface area contributed by atoms with Gasteiger partial charge in [-0.1, -0.05) is 27.7 Å². The molecule has 0 amide bonds. The van der Waals surface area contributed by atoms with Gasteiger partial charge in [-0.3, -0.25) is 0 Å². The van der Waals surface area contributed by atoms with E-state index in [2.05, 4.69) is 13.8 Å². The van der Waals surface area contributed by atoms with E-state index in [1.165, 1.54) is 19.3 Å². The van der Waals surface area contributed by atoms with E-state index in [1.54, 1.807) is 0 Å². The highest BCUT2D eigenvalue weighted by Gasteiger charge is 2.20. The Hall–Kier alpha value is -0.0400. The highest BCUT2D eigenvalue weighted by atomic mass is 14.6. The molecule has 1 nitrogen and oxygen atoms in total. The monoisotopic (exact) mass is 157 g/mol. The SMILES string of the molecule is CC.CC1CC(C)CC(N)C1. The minimum Gasteiger partial charge on any atom is -0.328 e. The fourth-order valence-corrected chi connectivity index (χ4v) is 2.01. The molecule has 0 spiro atoms. The third-order valence-electron chi connectivity index (χ3n) is 2.21. The molecule has 0 aromatic carbocycles. The summed E-state index contributed by atoms with van der Waals surface area (Å²) in [6.07, 6.45) is 3.86. The Kier molecular flexibility index (Phi) is 5.57. The van der Waals surface area contributed by atoms with Gasteiger partial charge in [0.1, 0.15) is 0 Å². The molecule has 68 valence electrons. The van der Waals surface area contributed by atoms with Crippen molar-refractivity contribution in [3.8, 4) is 0 Å². The van der Waals surface area contributed by atoms with E-state index in [9.17, 15) is 0 Å². The lowest BCUT2D eigenvalue weighted by molar-refractivity contribution is 0.269. The largest absolute Gasteiger partial charge is 0.328 e. The number of rotatable bonds is 0. The lowest BCUT2D eigenvalue weighted by atomic mass is 9.81. The summed E-state index contributed by atoms with van der Waals surface area (Å²) in [6, 6.07) is 0.490. The van der Waals surface area contributed by atoms with Crippen LogP contribution in [0.2, 0.25) is 0 Å². The van der Waals surface area contributed by atoms with E-state index in [1.807, 2.05) is 13.8 Å². The fraction of sp³-hybridized carbons (Fsp3) is 1.00. The molecule has 1 fully saturated rings. The predicted molar refractivity (Wildman–Crippen MR) is 51.5 cm³/mol. The molecule has 2 unspecified atom stereocenters. The number of hydrogen-bond donors (Lipinski definition) is 1. The van der Waals surface area contributed by atoms with Gasteiger partial charge in [-0.2, -0.15) is 0 Å². The van der Waals surface area contributed by atoms with Gasteiger partial charge in [-0.25, -0.2) is 0 Å². The van der Waals surface area contributed by atoms with Gasteiger partial charge in [0.05, 0.1) is 0 Å². The summed E-state index contributed by atoms with van der Waals surface area (Å²) in [5.74, 6) is 1.73. The van der Waals surface area contributed by atoms with Crippen molar-refractivity contribution in [3.05, 3.63) is 0 Å². The van der Waals surface area contributed by atoms with Crippen molar-refractivity contribution in [2.24, 2.45) is 17.6 Å². The van der Waals surface area contributed by atoms with Gasteiger partial charge < -0.3 is 5.73 Å². The molecule has 1 aliphatic rings. The van der Waals surface area contributed by atoms with Crippen LogP contribution in [0.3, 0.4) is 0 Å². The van der Waals surface area contributed by atoms with Crippen molar-refractivity contribution < 1.29 is 0 Å². The van der Waals surface area contributed by atoms with Crippen molar-refractivity contribution in [2.75, 3.05) is 0 Å². The Labute approximate surface area is 71.4 Å². The molecule has 1 saturated carbocycles. The maximum atomic E-state index is 5.82. The second-order valence-corrected chi connectivity index (χ2v) is 3.68. The molecule has 2 atom stereocenters. The Morgan fingerprint density at radius 1 is 0.909 bits per heavy atom. The van der Waals surface area contributed by atoms with Crippen molar-refractivity contribution in [3.63, 3.8) is 0 Å². The van der Waals surface area contributed by atoms with Gasteiger partial charge in [0, 0.05) is 6.04 Å². The minimum atomic E-state index is 0.490. The summed E-state index contributed by atoms with van der Waals surface area (Å²) >= 11 is 0. The normalized spacial score (nSPS) is 37.4. The summed E-state index contributed by atoms with van der Waals surface area (Å²) in [5, 5.41) is 0. The molecule has 0 radical (unpaired) electrons. The molecule has 1 rings (SSSR count). The number of nitrogens with two attached hydrogens (primary N) is 1. The molecule has 0 aromatic heterocycles. The molecule has 0 saturated heterocycles. The van der Waals surface area contributed by atoms with Crippen LogP contribution in [0.15, 0.2) is 0 Å². The van der Waals surface area contributed by atoms with E-state index in [0.29, 0.717) is 6.04 Å². The quantitative estimate of drug-likeness (QED) is 0.575. The van der Waals surface area contributed by atoms with E-state index < -0.39 is 0 Å². The first-order chi connectivity index (χ1) is 5.18. The zero-order valence-electron chi connectivity index (χ0n) is 8.43. The van der Waals surface area contributed by atoms with Crippen molar-refractivity contribution in [1.29, 1.82) is 0 Å². The predicted octanol–water partition coefficient (Wildman–Crippen LogP) is 2.80. The van der Waals surface area contributed by atoms with E-state index in [4.69, 9.17) is 5.73 Å². The fourth-order valence-electron chi connectivity index (χ4n) is 2.01. The molecular weight excluding hydrogens is 134 g/mol. The van der Waals surface area contributed by atoms with Crippen LogP contribution in [-0.4, -0.2) is 6.04 Å². The van der Waals surface area contributed by atoms with Crippen LogP contribution in [0.25, 0.3) is 0 Å². The van der Waals surface area contributed by atoms with Crippen molar-refractivity contribution in [2.45, 2.75) is 53.0 Å². The Balaban J connectivity index is 0.000000461. The molecule has 1 aliphatic carbocycles. The lowest BCUT2D eigenvalue weighted by Gasteiger charge is -2.28. The van der Waals surface area contributed by atoms with Crippen molar-refractivity contribution >= 4 is 0 Å². The van der Waals surface area contributed by atoms with Crippen LogP contribution in [0, 0.1) is 11.8 Å². The Bertz CT molecular complexity index is 65.9. The first kappa shape index (κ1) is 11.0. The zero-order chi connectivity index (χ0) is 8.85. The van der Waals surface area contributed by atoms with E-state index >= 15 is 0 Å². The average Bonchev–Trinajstić information content (AvgIpc) is 1.88. The van der Waals surface area contributed by atoms with Crippen LogP contribution in [-0.2, 0) is 0 Å². The zero-order valence-corrected chi connectivity index (χ0v) is 8.43. The van der Waals surface area contributed by atoms with Crippen molar-refractivity contribution in [1.82, 2.24) is 0 Å². The topological polar surface area (TPSA) is 26.0 Å². The van der Waals surface area contributed by atoms with Crippen LogP contribution in [0.5, 0.6) is 0 Å². The maximum absolute atomic E-state index is 5.82. The smallest absolute Gasteiger partial charge is 0.00439 e. The van der Waals surface area contributed by atoms with Gasteiger partial charge in [0.15, 0.2) is 0 Å². The summed E-state index contributed by atoms with van der Waals surface area (Å²) in [4.78, 5) is 0. The molecule has 11 heavy (non-hydrogen) atoms. The summed E-state index contributed by atoms with van der Waals surface area (Å²) < 4.78 is 0. The van der Waals surface area contributed by atoms with Gasteiger partial charge in [0.25, 0.3) is 0 Å². The van der Waals surface area contributed by atoms with Crippen LogP contribution >= 0.6 is 0 Å². The second kappa shape index (κ2) is 5.59. The first-order valence-electron chi connectivity index (χ1n) is 4.94. The number of hydrogen-bond acceptors (Lipinski definition) is 1. The molecule has 0 heterocycles. The van der Waals surface area contributed by atoms with Crippen LogP contribution in [0.1, 0.15) is 47.0 Å². The molecule has 1 heteroatoms. The first-order valence-corrected chi connectivity index (χ1v) is 4.94. The minimum absolute atomic E-state index is 0.490. The molecule has 2 N–H and O–H groups in total. The maximum Gasteiger partial charge on any atom is 0.00439 e. The molecule has 0 aromatic rings. The van der Waals surface area contributed by atoms with E-state index in [0.717, 1.165) is 11.8 Å². The third-order valence-corrected chi connectivity index (χ3v) is 2.21. The standard InChI is InChI=1S/C8H17N.C2H6/c1-6-3-7(2)5-8(9)4-6;1-2/h6-8H,3-5,9H2,1-2H3;1-2H3. The Morgan fingerprint density at radius 2 is 1.27 bits per heavy atom. The van der Waals surface area contributed by atoms with Gasteiger partial charge in [0.2, 0.25) is 0 Å². The highest BCUT2D eigenvalue weighted by Crippen LogP contribution is 2.26. The van der Waals surface area contributed by atoms with Gasteiger partial charge in [-0.05, 0) is 31.1 Å². The molecule has 0 aliphatic heterocycles. The van der Waals surface area contributed by atoms with Gasteiger partial charge in [-0.15, -0.1) is 0 Å². The molecule has 0 bridgehead atoms. The average molecular weight is 157 g/mol. The summed E-state index contributed by atoms with van der Waals surface area (Å²) in [6.45, 7) is 8.60.